The number of carboxylic acids is 1. The Kier molecular flexibility index (Phi) is 4.16. The van der Waals surface area contributed by atoms with Crippen LogP contribution >= 0.6 is 0 Å². The van der Waals surface area contributed by atoms with Gasteiger partial charge in [0.1, 0.15) is 0 Å². The van der Waals surface area contributed by atoms with E-state index in [1.807, 2.05) is 0 Å². The van der Waals surface area contributed by atoms with Crippen LogP contribution in [0, 0.1) is 0 Å². The number of nitrogens with one attached hydrogen (secondary N) is 1. The first-order valence-electron chi connectivity index (χ1n) is 4.96. The molecular formula is C10H16N2O2. The van der Waals surface area contributed by atoms with E-state index in [1.165, 1.54) is 6.20 Å². The number of nitrogens with zero attached hydrogens (tertiary/aromatic N) is 1. The number of carboxylic acid groups (broad SMARTS) is 1. The van der Waals surface area contributed by atoms with E-state index in [0.717, 1.165) is 25.7 Å². The number of hydrogen-bond donors (Lipinski definition) is 2. The molecule has 14 heavy (non-hydrogen) atoms. The zero-order valence-corrected chi connectivity index (χ0v) is 8.36. The molecule has 0 aromatic carbocycles. The van der Waals surface area contributed by atoms with E-state index >= 15 is 0 Å². The van der Waals surface area contributed by atoms with Gasteiger partial charge in [-0.05, 0) is 6.42 Å². The summed E-state index contributed by atoms with van der Waals surface area (Å²) in [6, 6.07) is -0.166. The third kappa shape index (κ3) is 2.87. The number of aliphatic carboxylic acids is 1. The predicted molar refractivity (Wildman–Crippen MR) is 55.3 cm³/mol. The molecule has 0 spiro atoms. The summed E-state index contributed by atoms with van der Waals surface area (Å²) in [6.45, 7) is 2.12. The van der Waals surface area contributed by atoms with E-state index in [9.17, 15) is 4.79 Å². The highest BCUT2D eigenvalue weighted by atomic mass is 16.4. The lowest BCUT2D eigenvalue weighted by molar-refractivity contribution is -0.133. The lowest BCUT2D eigenvalue weighted by Gasteiger charge is -2.16. The van der Waals surface area contributed by atoms with Crippen LogP contribution in [0.2, 0.25) is 0 Å². The normalized spacial score (nSPS) is 20.1. The van der Waals surface area contributed by atoms with Gasteiger partial charge in [0, 0.05) is 6.20 Å². The van der Waals surface area contributed by atoms with Crippen LogP contribution in [0.15, 0.2) is 16.8 Å². The first-order chi connectivity index (χ1) is 6.75. The van der Waals surface area contributed by atoms with Gasteiger partial charge >= 0.3 is 5.97 Å². The Balaban J connectivity index is 2.48. The topological polar surface area (TPSA) is 61.7 Å². The molecule has 0 saturated carbocycles. The lowest BCUT2D eigenvalue weighted by Crippen LogP contribution is -2.24. The van der Waals surface area contributed by atoms with Crippen molar-refractivity contribution in [2.45, 2.75) is 38.6 Å². The number of hydrogen-bond acceptors (Lipinski definition) is 3. The van der Waals surface area contributed by atoms with Crippen LogP contribution in [-0.2, 0) is 4.79 Å². The minimum Gasteiger partial charge on any atom is -0.478 e. The van der Waals surface area contributed by atoms with Crippen LogP contribution in [0.3, 0.4) is 0 Å². The molecule has 0 aromatic heterocycles. The second kappa shape index (κ2) is 5.42. The molecule has 4 nitrogen and oxygen atoms in total. The molecule has 0 aliphatic carbocycles. The Morgan fingerprint density at radius 2 is 2.43 bits per heavy atom. The van der Waals surface area contributed by atoms with Gasteiger partial charge in [-0.3, -0.25) is 4.99 Å². The molecule has 0 saturated heterocycles. The van der Waals surface area contributed by atoms with E-state index < -0.39 is 5.97 Å². The molecule has 1 unspecified atom stereocenters. The minimum atomic E-state index is -0.879. The first-order valence-corrected chi connectivity index (χ1v) is 4.96. The maximum absolute atomic E-state index is 10.8. The molecule has 1 aliphatic rings. The van der Waals surface area contributed by atoms with Crippen molar-refractivity contribution >= 4 is 12.3 Å². The Morgan fingerprint density at radius 3 is 3.07 bits per heavy atom. The summed E-state index contributed by atoms with van der Waals surface area (Å²) < 4.78 is 0. The molecule has 1 rings (SSSR count). The van der Waals surface area contributed by atoms with Gasteiger partial charge in [-0.2, -0.15) is 0 Å². The summed E-state index contributed by atoms with van der Waals surface area (Å²) in [5, 5.41) is 11.6. The number of rotatable bonds is 5. The van der Waals surface area contributed by atoms with E-state index in [1.54, 1.807) is 6.34 Å². The van der Waals surface area contributed by atoms with Crippen LogP contribution in [0.4, 0.5) is 0 Å². The Bertz CT molecular complexity index is 259. The van der Waals surface area contributed by atoms with Gasteiger partial charge in [-0.15, -0.1) is 0 Å². The molecule has 0 amide bonds. The second-order valence-electron chi connectivity index (χ2n) is 3.36. The molecule has 1 aliphatic heterocycles. The standard InChI is InChI=1S/C10H16N2O2/c1-2-3-4-5-9-8(10(13)14)6-11-7-12-9/h6-7,9H,2-5H2,1H3,(H,11,12)(H,13,14). The lowest BCUT2D eigenvalue weighted by atomic mass is 10.0. The first kappa shape index (κ1) is 10.8. The summed E-state index contributed by atoms with van der Waals surface area (Å²) in [5.41, 5.74) is 0.364. The highest BCUT2D eigenvalue weighted by molar-refractivity contribution is 5.89. The van der Waals surface area contributed by atoms with Crippen molar-refractivity contribution in [1.82, 2.24) is 5.32 Å². The highest BCUT2D eigenvalue weighted by Gasteiger charge is 2.20. The fraction of sp³-hybridized carbons (Fsp3) is 0.600. The smallest absolute Gasteiger partial charge is 0.335 e. The maximum atomic E-state index is 10.8. The van der Waals surface area contributed by atoms with Crippen molar-refractivity contribution in [1.29, 1.82) is 0 Å². The van der Waals surface area contributed by atoms with E-state index in [-0.39, 0.29) is 6.04 Å². The predicted octanol–water partition coefficient (Wildman–Crippen LogP) is 1.54. The summed E-state index contributed by atoms with van der Waals surface area (Å²) in [5.74, 6) is -0.879. The van der Waals surface area contributed by atoms with Gasteiger partial charge in [-0.25, -0.2) is 4.79 Å². The van der Waals surface area contributed by atoms with E-state index in [0.29, 0.717) is 5.57 Å². The largest absolute Gasteiger partial charge is 0.478 e. The van der Waals surface area contributed by atoms with Crippen molar-refractivity contribution in [3.8, 4) is 0 Å². The van der Waals surface area contributed by atoms with Gasteiger partial charge in [0.2, 0.25) is 0 Å². The quantitative estimate of drug-likeness (QED) is 0.655. The zero-order chi connectivity index (χ0) is 10.4. The van der Waals surface area contributed by atoms with Crippen molar-refractivity contribution in [3.63, 3.8) is 0 Å². The van der Waals surface area contributed by atoms with Crippen LogP contribution < -0.4 is 5.32 Å². The molecule has 4 heteroatoms. The van der Waals surface area contributed by atoms with Gasteiger partial charge in [-0.1, -0.05) is 26.2 Å². The molecule has 0 radical (unpaired) electrons. The number of aliphatic imine (C=N–C) groups is 1. The van der Waals surface area contributed by atoms with Crippen LogP contribution in [0.5, 0.6) is 0 Å². The van der Waals surface area contributed by atoms with Crippen LogP contribution in [-0.4, -0.2) is 23.5 Å². The SMILES string of the molecule is CCCCCC1N=CNC=C1C(=O)O. The molecular weight excluding hydrogens is 180 g/mol. The summed E-state index contributed by atoms with van der Waals surface area (Å²) in [7, 11) is 0. The fourth-order valence-electron chi connectivity index (χ4n) is 1.46. The van der Waals surface area contributed by atoms with Crippen molar-refractivity contribution < 1.29 is 9.90 Å². The summed E-state index contributed by atoms with van der Waals surface area (Å²) in [4.78, 5) is 14.9. The van der Waals surface area contributed by atoms with Crippen LogP contribution in [0.1, 0.15) is 32.6 Å². The van der Waals surface area contributed by atoms with Crippen molar-refractivity contribution in [2.24, 2.45) is 4.99 Å². The van der Waals surface area contributed by atoms with E-state index in [4.69, 9.17) is 5.11 Å². The molecule has 1 heterocycles. The van der Waals surface area contributed by atoms with Gasteiger partial charge in [0.15, 0.2) is 0 Å². The average molecular weight is 196 g/mol. The van der Waals surface area contributed by atoms with Crippen molar-refractivity contribution in [2.75, 3.05) is 0 Å². The Morgan fingerprint density at radius 1 is 1.64 bits per heavy atom. The maximum Gasteiger partial charge on any atom is 0.335 e. The molecule has 78 valence electrons. The molecule has 0 fully saturated rings. The Labute approximate surface area is 83.7 Å². The van der Waals surface area contributed by atoms with Crippen molar-refractivity contribution in [3.05, 3.63) is 11.8 Å². The van der Waals surface area contributed by atoms with Gasteiger partial charge < -0.3 is 10.4 Å². The second-order valence-corrected chi connectivity index (χ2v) is 3.36. The van der Waals surface area contributed by atoms with Crippen LogP contribution in [0.25, 0.3) is 0 Å². The molecule has 0 bridgehead atoms. The van der Waals surface area contributed by atoms with E-state index in [2.05, 4.69) is 17.2 Å². The zero-order valence-electron chi connectivity index (χ0n) is 8.36. The van der Waals surface area contributed by atoms with Gasteiger partial charge in [0.05, 0.1) is 18.0 Å². The number of unbranched alkanes of at least 4 members (excludes halogenated alkanes) is 2. The summed E-state index contributed by atoms with van der Waals surface area (Å²) in [6.07, 6.45) is 7.20. The highest BCUT2D eigenvalue weighted by Crippen LogP contribution is 2.16. The Hall–Kier alpha value is -1.32. The summed E-state index contributed by atoms with van der Waals surface area (Å²) >= 11 is 0. The minimum absolute atomic E-state index is 0.166. The number of carbonyl (C=O) groups is 1. The molecule has 2 N–H and O–H groups in total. The van der Waals surface area contributed by atoms with Gasteiger partial charge in [0.25, 0.3) is 0 Å². The monoisotopic (exact) mass is 196 g/mol. The third-order valence-electron chi connectivity index (χ3n) is 2.25. The molecule has 1 atom stereocenters. The third-order valence-corrected chi connectivity index (χ3v) is 2.25. The fourth-order valence-corrected chi connectivity index (χ4v) is 1.46. The average Bonchev–Trinajstić information content (AvgIpc) is 2.19. The molecule has 0 aromatic rings.